The largest absolute Gasteiger partial charge is 0.487 e. The van der Waals surface area contributed by atoms with Crippen LogP contribution in [0.25, 0.3) is 0 Å². The summed E-state index contributed by atoms with van der Waals surface area (Å²) in [5.74, 6) is 0.791. The minimum absolute atomic E-state index is 0.564. The first-order chi connectivity index (χ1) is 8.38. The van der Waals surface area contributed by atoms with Crippen molar-refractivity contribution in [2.24, 2.45) is 5.73 Å². The fourth-order valence-electron chi connectivity index (χ4n) is 1.59. The third-order valence-corrected chi connectivity index (χ3v) is 2.45. The van der Waals surface area contributed by atoms with Crippen molar-refractivity contribution in [1.82, 2.24) is 4.98 Å². The van der Waals surface area contributed by atoms with E-state index < -0.39 is 0 Å². The van der Waals surface area contributed by atoms with Crippen molar-refractivity contribution in [3.05, 3.63) is 59.9 Å². The Morgan fingerprint density at radius 3 is 2.65 bits per heavy atom. The van der Waals surface area contributed by atoms with Crippen LogP contribution in [0, 0.1) is 0 Å². The molecule has 2 rings (SSSR count). The van der Waals surface area contributed by atoms with Gasteiger partial charge in [-0.1, -0.05) is 30.3 Å². The summed E-state index contributed by atoms with van der Waals surface area (Å²) in [6, 6.07) is 12.1. The van der Waals surface area contributed by atoms with Gasteiger partial charge in [0.25, 0.3) is 0 Å². The second kappa shape index (κ2) is 6.01. The van der Waals surface area contributed by atoms with E-state index in [-0.39, 0.29) is 0 Å². The van der Waals surface area contributed by atoms with Crippen LogP contribution >= 0.6 is 0 Å². The highest BCUT2D eigenvalue weighted by Crippen LogP contribution is 2.13. The molecule has 1 heterocycles. The van der Waals surface area contributed by atoms with E-state index in [1.807, 2.05) is 42.6 Å². The van der Waals surface area contributed by atoms with Crippen molar-refractivity contribution in [1.29, 1.82) is 0 Å². The van der Waals surface area contributed by atoms with Crippen molar-refractivity contribution < 1.29 is 4.74 Å². The lowest BCUT2D eigenvalue weighted by Gasteiger charge is -2.07. The average Bonchev–Trinajstić information content (AvgIpc) is 2.39. The van der Waals surface area contributed by atoms with Crippen LogP contribution in [0.15, 0.2) is 48.8 Å². The fraction of sp³-hybridized carbons (Fsp3) is 0.214. The van der Waals surface area contributed by atoms with Crippen LogP contribution in [0.3, 0.4) is 0 Å². The van der Waals surface area contributed by atoms with Gasteiger partial charge in [0, 0.05) is 6.20 Å². The molecule has 0 aliphatic rings. The maximum atomic E-state index is 5.68. The Bertz CT molecular complexity index is 457. The molecule has 0 bridgehead atoms. The van der Waals surface area contributed by atoms with E-state index in [2.05, 4.69) is 4.98 Å². The standard InChI is InChI=1S/C14H16N2O/c15-7-6-13-8-14(10-16-9-13)17-11-12-4-2-1-3-5-12/h1-5,8-10H,6-7,11,15H2. The zero-order valence-electron chi connectivity index (χ0n) is 9.67. The summed E-state index contributed by atoms with van der Waals surface area (Å²) in [7, 11) is 0. The third-order valence-electron chi connectivity index (χ3n) is 2.45. The lowest BCUT2D eigenvalue weighted by atomic mass is 10.2. The van der Waals surface area contributed by atoms with E-state index >= 15 is 0 Å². The fourth-order valence-corrected chi connectivity index (χ4v) is 1.59. The SMILES string of the molecule is NCCc1cncc(OCc2ccccc2)c1. The maximum absolute atomic E-state index is 5.68. The van der Waals surface area contributed by atoms with E-state index in [9.17, 15) is 0 Å². The topological polar surface area (TPSA) is 48.1 Å². The molecule has 88 valence electrons. The van der Waals surface area contributed by atoms with Crippen molar-refractivity contribution in [2.45, 2.75) is 13.0 Å². The molecule has 0 atom stereocenters. The molecule has 0 saturated heterocycles. The molecule has 0 amide bonds. The highest BCUT2D eigenvalue weighted by molar-refractivity contribution is 5.24. The summed E-state index contributed by atoms with van der Waals surface area (Å²) < 4.78 is 5.68. The van der Waals surface area contributed by atoms with Crippen molar-refractivity contribution in [2.75, 3.05) is 6.54 Å². The lowest BCUT2D eigenvalue weighted by Crippen LogP contribution is -2.03. The van der Waals surface area contributed by atoms with Crippen LogP contribution in [0.1, 0.15) is 11.1 Å². The number of ether oxygens (including phenoxy) is 1. The number of hydrogen-bond acceptors (Lipinski definition) is 3. The summed E-state index contributed by atoms with van der Waals surface area (Å²) in [6.07, 6.45) is 4.38. The van der Waals surface area contributed by atoms with Crippen molar-refractivity contribution in [3.63, 3.8) is 0 Å². The van der Waals surface area contributed by atoms with Crippen LogP contribution in [0.2, 0.25) is 0 Å². The number of hydrogen-bond donors (Lipinski definition) is 1. The molecule has 0 radical (unpaired) electrons. The van der Waals surface area contributed by atoms with Gasteiger partial charge >= 0.3 is 0 Å². The van der Waals surface area contributed by atoms with E-state index in [1.54, 1.807) is 6.20 Å². The van der Waals surface area contributed by atoms with Gasteiger partial charge in [-0.15, -0.1) is 0 Å². The molecule has 0 aliphatic heterocycles. The second-order valence-corrected chi connectivity index (χ2v) is 3.84. The number of nitrogens with two attached hydrogens (primary N) is 1. The monoisotopic (exact) mass is 228 g/mol. The molecule has 0 fully saturated rings. The smallest absolute Gasteiger partial charge is 0.138 e. The zero-order valence-corrected chi connectivity index (χ0v) is 9.67. The van der Waals surface area contributed by atoms with E-state index in [4.69, 9.17) is 10.5 Å². The molecule has 17 heavy (non-hydrogen) atoms. The van der Waals surface area contributed by atoms with Gasteiger partial charge in [0.1, 0.15) is 12.4 Å². The second-order valence-electron chi connectivity index (χ2n) is 3.84. The van der Waals surface area contributed by atoms with E-state index in [1.165, 1.54) is 0 Å². The lowest BCUT2D eigenvalue weighted by molar-refractivity contribution is 0.304. The number of pyridine rings is 1. The van der Waals surface area contributed by atoms with E-state index in [0.29, 0.717) is 13.2 Å². The zero-order chi connectivity index (χ0) is 11.9. The molecule has 1 aromatic heterocycles. The first-order valence-corrected chi connectivity index (χ1v) is 5.69. The van der Waals surface area contributed by atoms with Gasteiger partial charge in [0.15, 0.2) is 0 Å². The van der Waals surface area contributed by atoms with Gasteiger partial charge in [-0.05, 0) is 30.2 Å². The Morgan fingerprint density at radius 2 is 1.88 bits per heavy atom. The Morgan fingerprint density at radius 1 is 1.06 bits per heavy atom. The molecular weight excluding hydrogens is 212 g/mol. The number of benzene rings is 1. The van der Waals surface area contributed by atoms with Gasteiger partial charge in [0.05, 0.1) is 6.20 Å². The molecular formula is C14H16N2O. The van der Waals surface area contributed by atoms with Gasteiger partial charge < -0.3 is 10.5 Å². The molecule has 0 spiro atoms. The molecule has 0 aliphatic carbocycles. The van der Waals surface area contributed by atoms with Crippen molar-refractivity contribution >= 4 is 0 Å². The number of aromatic nitrogens is 1. The third kappa shape index (κ3) is 3.57. The minimum atomic E-state index is 0.564. The van der Waals surface area contributed by atoms with E-state index in [0.717, 1.165) is 23.3 Å². The predicted octanol–water partition coefficient (Wildman–Crippen LogP) is 2.16. The van der Waals surface area contributed by atoms with Gasteiger partial charge in [-0.25, -0.2) is 0 Å². The molecule has 3 heteroatoms. The quantitative estimate of drug-likeness (QED) is 0.853. The minimum Gasteiger partial charge on any atom is -0.487 e. The number of nitrogens with zero attached hydrogens (tertiary/aromatic N) is 1. The summed E-state index contributed by atoms with van der Waals surface area (Å²) in [5, 5.41) is 0. The normalized spacial score (nSPS) is 10.2. The van der Waals surface area contributed by atoms with Gasteiger partial charge in [0.2, 0.25) is 0 Å². The molecule has 0 unspecified atom stereocenters. The Hall–Kier alpha value is -1.87. The van der Waals surface area contributed by atoms with Crippen LogP contribution in [0.5, 0.6) is 5.75 Å². The van der Waals surface area contributed by atoms with Crippen LogP contribution in [-0.4, -0.2) is 11.5 Å². The molecule has 2 N–H and O–H groups in total. The Labute approximate surface area is 101 Å². The van der Waals surface area contributed by atoms with Crippen LogP contribution in [0.4, 0.5) is 0 Å². The Balaban J connectivity index is 1.97. The molecule has 2 aromatic rings. The van der Waals surface area contributed by atoms with Gasteiger partial charge in [-0.2, -0.15) is 0 Å². The van der Waals surface area contributed by atoms with Gasteiger partial charge in [-0.3, -0.25) is 4.98 Å². The van der Waals surface area contributed by atoms with Crippen LogP contribution in [-0.2, 0) is 13.0 Å². The highest BCUT2D eigenvalue weighted by atomic mass is 16.5. The first kappa shape index (κ1) is 11.6. The molecule has 0 saturated carbocycles. The molecule has 3 nitrogen and oxygen atoms in total. The average molecular weight is 228 g/mol. The highest BCUT2D eigenvalue weighted by Gasteiger charge is 1.98. The molecule has 1 aromatic carbocycles. The van der Waals surface area contributed by atoms with Crippen LogP contribution < -0.4 is 10.5 Å². The summed E-state index contributed by atoms with van der Waals surface area (Å²) >= 11 is 0. The maximum Gasteiger partial charge on any atom is 0.138 e. The predicted molar refractivity (Wildman–Crippen MR) is 67.8 cm³/mol. The summed E-state index contributed by atoms with van der Waals surface area (Å²) in [6.45, 7) is 1.19. The Kier molecular flexibility index (Phi) is 4.11. The summed E-state index contributed by atoms with van der Waals surface area (Å²) in [5.41, 5.74) is 7.77. The summed E-state index contributed by atoms with van der Waals surface area (Å²) in [4.78, 5) is 4.13. The first-order valence-electron chi connectivity index (χ1n) is 5.69. The number of rotatable bonds is 5. The van der Waals surface area contributed by atoms with Crippen molar-refractivity contribution in [3.8, 4) is 5.75 Å².